The van der Waals surface area contributed by atoms with Crippen LogP contribution in [0.15, 0.2) is 24.3 Å². The highest BCUT2D eigenvalue weighted by atomic mass is 16.6. The zero-order chi connectivity index (χ0) is 18.0. The van der Waals surface area contributed by atoms with E-state index in [0.29, 0.717) is 24.5 Å². The van der Waals surface area contributed by atoms with Gasteiger partial charge in [0.15, 0.2) is 5.69 Å². The topological polar surface area (TPSA) is 97.4 Å². The average Bonchev–Trinajstić information content (AvgIpc) is 2.84. The Morgan fingerprint density at radius 1 is 1.24 bits per heavy atom. The van der Waals surface area contributed by atoms with Crippen LogP contribution in [0.3, 0.4) is 0 Å². The fourth-order valence-corrected chi connectivity index (χ4v) is 2.91. The second-order valence-electron chi connectivity index (χ2n) is 6.16. The minimum absolute atomic E-state index is 0.0316. The van der Waals surface area contributed by atoms with Crippen molar-refractivity contribution in [1.29, 1.82) is 0 Å². The van der Waals surface area contributed by atoms with Crippen LogP contribution in [-0.4, -0.2) is 68.9 Å². The summed E-state index contributed by atoms with van der Waals surface area (Å²) in [5, 5.41) is 19.0. The second-order valence-corrected chi connectivity index (χ2v) is 6.16. The van der Waals surface area contributed by atoms with E-state index < -0.39 is 4.92 Å². The molecular weight excluding hydrogens is 324 g/mol. The molecule has 0 spiro atoms. The van der Waals surface area contributed by atoms with Gasteiger partial charge in [0.25, 0.3) is 11.6 Å². The Morgan fingerprint density at radius 3 is 2.80 bits per heavy atom. The second kappa shape index (κ2) is 6.98. The highest BCUT2D eigenvalue weighted by Crippen LogP contribution is 2.19. The summed E-state index contributed by atoms with van der Waals surface area (Å²) < 4.78 is 1.46. The Bertz CT molecular complexity index is 803. The number of nitrogens with zero attached hydrogens (tertiary/aromatic N) is 6. The van der Waals surface area contributed by atoms with E-state index in [4.69, 9.17) is 0 Å². The van der Waals surface area contributed by atoms with Crippen molar-refractivity contribution < 1.29 is 9.72 Å². The molecule has 9 heteroatoms. The first-order valence-electron chi connectivity index (χ1n) is 8.12. The first-order chi connectivity index (χ1) is 12.0. The van der Waals surface area contributed by atoms with Gasteiger partial charge in [-0.05, 0) is 33.0 Å². The van der Waals surface area contributed by atoms with Gasteiger partial charge in [-0.2, -0.15) is 0 Å². The minimum Gasteiger partial charge on any atom is -0.336 e. The molecule has 1 aromatic heterocycles. The molecule has 0 atom stereocenters. The molecule has 0 unspecified atom stereocenters. The molecule has 9 nitrogen and oxygen atoms in total. The highest BCUT2D eigenvalue weighted by Gasteiger charge is 2.24. The van der Waals surface area contributed by atoms with Gasteiger partial charge in [0.05, 0.1) is 16.3 Å². The maximum absolute atomic E-state index is 12.8. The van der Waals surface area contributed by atoms with Crippen molar-refractivity contribution >= 4 is 11.6 Å². The summed E-state index contributed by atoms with van der Waals surface area (Å²) in [6, 6.07) is 6.11. The van der Waals surface area contributed by atoms with Crippen LogP contribution in [0.1, 0.15) is 22.6 Å². The molecule has 2 heterocycles. The van der Waals surface area contributed by atoms with Gasteiger partial charge in [-0.25, -0.2) is 4.68 Å². The standard InChI is InChI=1S/C16H20N6O3/c1-12-15(16(23)20-8-4-7-19(2)9-10-20)17-18-21(12)13-5-3-6-14(11-13)22(24)25/h3,5-6,11H,4,7-10H2,1-2H3. The Labute approximate surface area is 145 Å². The van der Waals surface area contributed by atoms with E-state index in [1.165, 1.54) is 16.8 Å². The van der Waals surface area contributed by atoms with Crippen LogP contribution in [0.4, 0.5) is 5.69 Å². The maximum atomic E-state index is 12.8. The molecule has 25 heavy (non-hydrogen) atoms. The van der Waals surface area contributed by atoms with Crippen molar-refractivity contribution in [3.05, 3.63) is 45.8 Å². The molecule has 1 aliphatic rings. The van der Waals surface area contributed by atoms with Crippen molar-refractivity contribution in [3.8, 4) is 5.69 Å². The van der Waals surface area contributed by atoms with Crippen LogP contribution < -0.4 is 0 Å². The van der Waals surface area contributed by atoms with Crippen molar-refractivity contribution in [1.82, 2.24) is 24.8 Å². The van der Waals surface area contributed by atoms with Crippen LogP contribution in [0.25, 0.3) is 5.69 Å². The zero-order valence-corrected chi connectivity index (χ0v) is 14.3. The predicted octanol–water partition coefficient (Wildman–Crippen LogP) is 1.26. The van der Waals surface area contributed by atoms with E-state index in [2.05, 4.69) is 15.2 Å². The summed E-state index contributed by atoms with van der Waals surface area (Å²) in [5.41, 5.74) is 1.34. The number of benzene rings is 1. The number of hydrogen-bond acceptors (Lipinski definition) is 6. The molecule has 0 bridgehead atoms. The number of carbonyl (C=O) groups excluding carboxylic acids is 1. The SMILES string of the molecule is Cc1c(C(=O)N2CCCN(C)CC2)nnn1-c1cccc([N+](=O)[O-])c1. The number of non-ortho nitro benzene ring substituents is 1. The largest absolute Gasteiger partial charge is 0.336 e. The third-order valence-electron chi connectivity index (χ3n) is 4.39. The van der Waals surface area contributed by atoms with Gasteiger partial charge < -0.3 is 9.80 Å². The average molecular weight is 344 g/mol. The van der Waals surface area contributed by atoms with Gasteiger partial charge in [0, 0.05) is 31.8 Å². The number of likely N-dealkylation sites (N-methyl/N-ethyl adjacent to an activating group) is 1. The van der Waals surface area contributed by atoms with Gasteiger partial charge in [0.1, 0.15) is 0 Å². The lowest BCUT2D eigenvalue weighted by Gasteiger charge is -2.19. The van der Waals surface area contributed by atoms with Crippen molar-refractivity contribution in [2.45, 2.75) is 13.3 Å². The van der Waals surface area contributed by atoms with Crippen LogP contribution >= 0.6 is 0 Å². The number of amides is 1. The molecule has 0 aliphatic carbocycles. The lowest BCUT2D eigenvalue weighted by atomic mass is 10.2. The number of aromatic nitrogens is 3. The maximum Gasteiger partial charge on any atom is 0.276 e. The van der Waals surface area contributed by atoms with Gasteiger partial charge in [-0.1, -0.05) is 11.3 Å². The Hall–Kier alpha value is -2.81. The summed E-state index contributed by atoms with van der Waals surface area (Å²) in [4.78, 5) is 27.2. The first kappa shape index (κ1) is 17.0. The summed E-state index contributed by atoms with van der Waals surface area (Å²) in [5.74, 6) is -0.149. The highest BCUT2D eigenvalue weighted by molar-refractivity contribution is 5.93. The lowest BCUT2D eigenvalue weighted by molar-refractivity contribution is -0.384. The van der Waals surface area contributed by atoms with E-state index in [0.717, 1.165) is 19.5 Å². The number of carbonyl (C=O) groups is 1. The molecule has 1 amide bonds. The molecule has 2 aromatic rings. The number of nitro benzene ring substituents is 1. The molecule has 1 saturated heterocycles. The molecular formula is C16H20N6O3. The van der Waals surface area contributed by atoms with Crippen LogP contribution in [0, 0.1) is 17.0 Å². The fourth-order valence-electron chi connectivity index (χ4n) is 2.91. The normalized spacial score (nSPS) is 15.8. The number of rotatable bonds is 3. The Kier molecular flexibility index (Phi) is 4.75. The van der Waals surface area contributed by atoms with Crippen LogP contribution in [0.5, 0.6) is 0 Å². The van der Waals surface area contributed by atoms with E-state index in [-0.39, 0.29) is 17.3 Å². The van der Waals surface area contributed by atoms with Crippen LogP contribution in [0.2, 0.25) is 0 Å². The molecule has 1 aliphatic heterocycles. The van der Waals surface area contributed by atoms with Crippen molar-refractivity contribution in [2.24, 2.45) is 0 Å². The fraction of sp³-hybridized carbons (Fsp3) is 0.438. The molecule has 0 radical (unpaired) electrons. The summed E-state index contributed by atoms with van der Waals surface area (Å²) >= 11 is 0. The molecule has 132 valence electrons. The molecule has 0 saturated carbocycles. The smallest absolute Gasteiger partial charge is 0.276 e. The van der Waals surface area contributed by atoms with Crippen molar-refractivity contribution in [2.75, 3.05) is 33.2 Å². The third-order valence-corrected chi connectivity index (χ3v) is 4.39. The van der Waals surface area contributed by atoms with E-state index in [1.54, 1.807) is 24.0 Å². The number of nitro groups is 1. The molecule has 1 fully saturated rings. The van der Waals surface area contributed by atoms with E-state index in [9.17, 15) is 14.9 Å². The zero-order valence-electron chi connectivity index (χ0n) is 14.3. The summed E-state index contributed by atoms with van der Waals surface area (Å²) in [6.45, 7) is 4.87. The first-order valence-corrected chi connectivity index (χ1v) is 8.12. The van der Waals surface area contributed by atoms with Crippen LogP contribution in [-0.2, 0) is 0 Å². The summed E-state index contributed by atoms with van der Waals surface area (Å²) in [7, 11) is 2.04. The van der Waals surface area contributed by atoms with Gasteiger partial charge in [-0.15, -0.1) is 5.10 Å². The predicted molar refractivity (Wildman–Crippen MR) is 90.8 cm³/mol. The van der Waals surface area contributed by atoms with Gasteiger partial charge >= 0.3 is 0 Å². The van der Waals surface area contributed by atoms with E-state index in [1.807, 2.05) is 7.05 Å². The monoisotopic (exact) mass is 344 g/mol. The molecule has 0 N–H and O–H groups in total. The summed E-state index contributed by atoms with van der Waals surface area (Å²) in [6.07, 6.45) is 0.917. The van der Waals surface area contributed by atoms with E-state index >= 15 is 0 Å². The Morgan fingerprint density at radius 2 is 2.04 bits per heavy atom. The lowest BCUT2D eigenvalue weighted by Crippen LogP contribution is -2.35. The molecule has 1 aromatic carbocycles. The quantitative estimate of drug-likeness (QED) is 0.614. The Balaban J connectivity index is 1.87. The third kappa shape index (κ3) is 3.50. The minimum atomic E-state index is -0.463. The van der Waals surface area contributed by atoms with Crippen molar-refractivity contribution in [3.63, 3.8) is 0 Å². The molecule has 3 rings (SSSR count). The number of hydrogen-bond donors (Lipinski definition) is 0. The van der Waals surface area contributed by atoms with Gasteiger partial charge in [-0.3, -0.25) is 14.9 Å². The van der Waals surface area contributed by atoms with Gasteiger partial charge in [0.2, 0.25) is 0 Å².